The van der Waals surface area contributed by atoms with Crippen molar-refractivity contribution in [1.29, 1.82) is 0 Å². The van der Waals surface area contributed by atoms with Gasteiger partial charge in [-0.25, -0.2) is 4.39 Å². The van der Waals surface area contributed by atoms with Crippen LogP contribution < -0.4 is 5.32 Å². The van der Waals surface area contributed by atoms with Crippen molar-refractivity contribution < 1.29 is 4.39 Å². The Morgan fingerprint density at radius 1 is 1.24 bits per heavy atom. The fraction of sp³-hybridized carbons (Fsp3) is 0.294. The van der Waals surface area contributed by atoms with E-state index in [-0.39, 0.29) is 11.9 Å². The zero-order chi connectivity index (χ0) is 15.4. The Kier molecular flexibility index (Phi) is 5.80. The monoisotopic (exact) mass is 369 g/mol. The predicted molar refractivity (Wildman–Crippen MR) is 90.4 cm³/mol. The molecule has 2 rings (SSSR count). The van der Waals surface area contributed by atoms with E-state index >= 15 is 0 Å². The molecule has 112 valence electrons. The summed E-state index contributed by atoms with van der Waals surface area (Å²) < 4.78 is 14.2. The molecule has 21 heavy (non-hydrogen) atoms. The maximum Gasteiger partial charge on any atom is 0.124 e. The highest BCUT2D eigenvalue weighted by Crippen LogP contribution is 2.29. The van der Waals surface area contributed by atoms with Gasteiger partial charge in [-0.1, -0.05) is 52.7 Å². The van der Waals surface area contributed by atoms with E-state index in [1.807, 2.05) is 0 Å². The molecule has 0 saturated carbocycles. The minimum Gasteiger partial charge on any atom is -0.310 e. The van der Waals surface area contributed by atoms with Gasteiger partial charge in [-0.05, 0) is 54.8 Å². The van der Waals surface area contributed by atoms with Crippen molar-refractivity contribution in [1.82, 2.24) is 5.32 Å². The minimum absolute atomic E-state index is 0.132. The third-order valence-electron chi connectivity index (χ3n) is 3.42. The van der Waals surface area contributed by atoms with Crippen molar-refractivity contribution in [2.75, 3.05) is 6.54 Å². The van der Waals surface area contributed by atoms with Gasteiger partial charge in [0.2, 0.25) is 0 Å². The number of nitrogens with one attached hydrogen (secondary N) is 1. The van der Waals surface area contributed by atoms with E-state index in [2.05, 4.69) is 53.3 Å². The molecule has 0 bridgehead atoms. The molecule has 0 fully saturated rings. The van der Waals surface area contributed by atoms with Crippen molar-refractivity contribution in [3.8, 4) is 0 Å². The molecule has 1 atom stereocenters. The third-order valence-corrected chi connectivity index (χ3v) is 4.46. The van der Waals surface area contributed by atoms with Crippen molar-refractivity contribution in [3.05, 3.63) is 68.4 Å². The van der Waals surface area contributed by atoms with Crippen LogP contribution in [0, 0.1) is 12.7 Å². The highest BCUT2D eigenvalue weighted by Gasteiger charge is 2.16. The van der Waals surface area contributed by atoms with Crippen LogP contribution in [-0.2, 0) is 6.42 Å². The fourth-order valence-electron chi connectivity index (χ4n) is 2.36. The molecule has 2 aromatic rings. The molecule has 0 aliphatic heterocycles. The van der Waals surface area contributed by atoms with Crippen LogP contribution in [0.5, 0.6) is 0 Å². The van der Waals surface area contributed by atoms with Gasteiger partial charge < -0.3 is 5.32 Å². The SMILES string of the molecule is CCNC(Cc1ccc(F)cc1Cl)c1ccc(C)cc1Br. The molecule has 0 amide bonds. The number of rotatable bonds is 5. The lowest BCUT2D eigenvalue weighted by molar-refractivity contribution is 0.547. The van der Waals surface area contributed by atoms with E-state index in [1.54, 1.807) is 6.07 Å². The van der Waals surface area contributed by atoms with Crippen LogP contribution in [-0.4, -0.2) is 6.54 Å². The molecule has 0 spiro atoms. The van der Waals surface area contributed by atoms with Crippen LogP contribution in [0.25, 0.3) is 0 Å². The van der Waals surface area contributed by atoms with Gasteiger partial charge in [-0.3, -0.25) is 0 Å². The topological polar surface area (TPSA) is 12.0 Å². The molecule has 1 N–H and O–H groups in total. The average molecular weight is 371 g/mol. The van der Waals surface area contributed by atoms with Gasteiger partial charge in [0.05, 0.1) is 0 Å². The van der Waals surface area contributed by atoms with Gasteiger partial charge in [0, 0.05) is 15.5 Å². The van der Waals surface area contributed by atoms with Crippen molar-refractivity contribution in [2.45, 2.75) is 26.3 Å². The van der Waals surface area contributed by atoms with Crippen LogP contribution >= 0.6 is 27.5 Å². The normalized spacial score (nSPS) is 12.4. The number of likely N-dealkylation sites (N-methyl/N-ethyl adjacent to an activating group) is 1. The maximum absolute atomic E-state index is 13.2. The highest BCUT2D eigenvalue weighted by atomic mass is 79.9. The fourth-order valence-corrected chi connectivity index (χ4v) is 3.37. The van der Waals surface area contributed by atoms with Gasteiger partial charge in [0.25, 0.3) is 0 Å². The second-order valence-electron chi connectivity index (χ2n) is 5.08. The summed E-state index contributed by atoms with van der Waals surface area (Å²) in [4.78, 5) is 0. The van der Waals surface area contributed by atoms with Crippen LogP contribution in [0.2, 0.25) is 5.02 Å². The summed E-state index contributed by atoms with van der Waals surface area (Å²) in [5.74, 6) is -0.305. The molecular weight excluding hydrogens is 353 g/mol. The third kappa shape index (κ3) is 4.29. The van der Waals surface area contributed by atoms with Gasteiger partial charge >= 0.3 is 0 Å². The Morgan fingerprint density at radius 3 is 2.62 bits per heavy atom. The average Bonchev–Trinajstić information content (AvgIpc) is 2.41. The minimum atomic E-state index is -0.305. The maximum atomic E-state index is 13.2. The smallest absolute Gasteiger partial charge is 0.124 e. The first kappa shape index (κ1) is 16.5. The molecule has 0 aromatic heterocycles. The summed E-state index contributed by atoms with van der Waals surface area (Å²) in [6.07, 6.45) is 0.717. The summed E-state index contributed by atoms with van der Waals surface area (Å²) in [5, 5.41) is 3.94. The number of halogens is 3. The van der Waals surface area contributed by atoms with Gasteiger partial charge in [0.15, 0.2) is 0 Å². The summed E-state index contributed by atoms with van der Waals surface area (Å²) in [7, 11) is 0. The van der Waals surface area contributed by atoms with Crippen LogP contribution in [0.1, 0.15) is 29.7 Å². The molecule has 0 heterocycles. The standard InChI is InChI=1S/C17H18BrClFN/c1-3-21-17(14-7-4-11(2)8-15(14)18)9-12-5-6-13(20)10-16(12)19/h4-8,10,17,21H,3,9H2,1-2H3. The van der Waals surface area contributed by atoms with E-state index in [0.29, 0.717) is 11.4 Å². The van der Waals surface area contributed by atoms with Gasteiger partial charge in [-0.2, -0.15) is 0 Å². The number of hydrogen-bond donors (Lipinski definition) is 1. The zero-order valence-electron chi connectivity index (χ0n) is 12.1. The van der Waals surface area contributed by atoms with Gasteiger partial charge in [0.1, 0.15) is 5.82 Å². The Bertz CT molecular complexity index is 630. The summed E-state index contributed by atoms with van der Waals surface area (Å²) in [6.45, 7) is 4.98. The van der Waals surface area contributed by atoms with Crippen LogP contribution in [0.15, 0.2) is 40.9 Å². The van der Waals surface area contributed by atoms with E-state index in [0.717, 1.165) is 16.6 Å². The highest BCUT2D eigenvalue weighted by molar-refractivity contribution is 9.10. The summed E-state index contributed by atoms with van der Waals surface area (Å²) >= 11 is 9.77. The van der Waals surface area contributed by atoms with Gasteiger partial charge in [-0.15, -0.1) is 0 Å². The van der Waals surface area contributed by atoms with Crippen molar-refractivity contribution >= 4 is 27.5 Å². The molecule has 0 radical (unpaired) electrons. The zero-order valence-corrected chi connectivity index (χ0v) is 14.4. The Hall–Kier alpha value is -0.900. The van der Waals surface area contributed by atoms with Crippen molar-refractivity contribution in [2.24, 2.45) is 0 Å². The molecule has 2 aromatic carbocycles. The number of aryl methyl sites for hydroxylation is 1. The second-order valence-corrected chi connectivity index (χ2v) is 6.34. The summed E-state index contributed by atoms with van der Waals surface area (Å²) in [5.41, 5.74) is 3.33. The Morgan fingerprint density at radius 2 is 2.00 bits per heavy atom. The Labute approximate surface area is 138 Å². The lowest BCUT2D eigenvalue weighted by Crippen LogP contribution is -2.23. The van der Waals surface area contributed by atoms with E-state index in [4.69, 9.17) is 11.6 Å². The number of benzene rings is 2. The quantitative estimate of drug-likeness (QED) is 0.738. The summed E-state index contributed by atoms with van der Waals surface area (Å²) in [6, 6.07) is 11.0. The first-order chi connectivity index (χ1) is 10.0. The Balaban J connectivity index is 2.30. The van der Waals surface area contributed by atoms with Crippen molar-refractivity contribution in [3.63, 3.8) is 0 Å². The van der Waals surface area contributed by atoms with Crippen LogP contribution in [0.3, 0.4) is 0 Å². The van der Waals surface area contributed by atoms with Crippen LogP contribution in [0.4, 0.5) is 4.39 Å². The molecule has 1 unspecified atom stereocenters. The largest absolute Gasteiger partial charge is 0.310 e. The molecular formula is C17H18BrClFN. The molecule has 0 aliphatic rings. The molecule has 0 saturated heterocycles. The van der Waals surface area contributed by atoms with E-state index in [1.165, 1.54) is 23.3 Å². The molecule has 4 heteroatoms. The molecule has 0 aliphatic carbocycles. The lowest BCUT2D eigenvalue weighted by atomic mass is 9.98. The number of hydrogen-bond acceptors (Lipinski definition) is 1. The predicted octanol–water partition coefficient (Wildman–Crippen LogP) is 5.44. The first-order valence-electron chi connectivity index (χ1n) is 6.94. The van der Waals surface area contributed by atoms with E-state index in [9.17, 15) is 4.39 Å². The lowest BCUT2D eigenvalue weighted by Gasteiger charge is -2.21. The first-order valence-corrected chi connectivity index (χ1v) is 8.11. The van der Waals surface area contributed by atoms with E-state index < -0.39 is 0 Å². The molecule has 1 nitrogen and oxygen atoms in total. The second kappa shape index (κ2) is 7.39.